The molecule has 250 valence electrons. The van der Waals surface area contributed by atoms with Crippen molar-refractivity contribution >= 4 is 50.9 Å². The Morgan fingerprint density at radius 3 is 2.38 bits per heavy atom. The van der Waals surface area contributed by atoms with Gasteiger partial charge in [0.2, 0.25) is 0 Å². The summed E-state index contributed by atoms with van der Waals surface area (Å²) < 4.78 is 40.6. The van der Waals surface area contributed by atoms with Crippen LogP contribution in [0.4, 0.5) is 11.5 Å². The van der Waals surface area contributed by atoms with Crippen molar-refractivity contribution in [1.29, 1.82) is 0 Å². The van der Waals surface area contributed by atoms with E-state index in [0.717, 1.165) is 4.31 Å². The highest BCUT2D eigenvalue weighted by Gasteiger charge is 2.54. The van der Waals surface area contributed by atoms with Gasteiger partial charge < -0.3 is 20.1 Å². The van der Waals surface area contributed by atoms with Crippen LogP contribution < -0.4 is 24.4 Å². The van der Waals surface area contributed by atoms with Crippen molar-refractivity contribution in [2.75, 3.05) is 23.3 Å². The molecule has 2 heterocycles. The zero-order valence-electron chi connectivity index (χ0n) is 27.3. The third-order valence-corrected chi connectivity index (χ3v) is 9.79. The van der Waals surface area contributed by atoms with Gasteiger partial charge >= 0.3 is 0 Å². The molecule has 3 amide bonds. The number of nitrogens with one attached hydrogen (secondary N) is 2. The normalized spacial score (nSPS) is 15.9. The topological polar surface area (TPSA) is 144 Å². The number of anilines is 2. The number of halogens is 1. The van der Waals surface area contributed by atoms with E-state index in [1.807, 2.05) is 20.8 Å². The zero-order chi connectivity index (χ0) is 35.0. The van der Waals surface area contributed by atoms with Crippen LogP contribution in [0.25, 0.3) is 0 Å². The van der Waals surface area contributed by atoms with Gasteiger partial charge in [0.25, 0.3) is 27.7 Å². The van der Waals surface area contributed by atoms with Gasteiger partial charge in [0, 0.05) is 34.0 Å². The van der Waals surface area contributed by atoms with E-state index in [2.05, 4.69) is 15.6 Å². The minimum absolute atomic E-state index is 0.00816. The molecule has 0 spiro atoms. The second-order valence-corrected chi connectivity index (χ2v) is 14.4. The number of aromatic nitrogens is 1. The lowest BCUT2D eigenvalue weighted by atomic mass is 9.76. The molecule has 1 atom stereocenters. The number of nitrogens with zero attached hydrogens (tertiary/aromatic N) is 2. The van der Waals surface area contributed by atoms with Crippen LogP contribution in [0.5, 0.6) is 11.5 Å². The molecule has 2 N–H and O–H groups in total. The molecule has 0 saturated carbocycles. The predicted molar refractivity (Wildman–Crippen MR) is 183 cm³/mol. The van der Waals surface area contributed by atoms with Gasteiger partial charge in [-0.3, -0.25) is 14.4 Å². The molecule has 4 aromatic rings. The highest BCUT2D eigenvalue weighted by Crippen LogP contribution is 2.51. The maximum absolute atomic E-state index is 14.6. The van der Waals surface area contributed by atoms with Crippen LogP contribution >= 0.6 is 11.6 Å². The molecule has 5 rings (SSSR count). The first-order valence-electron chi connectivity index (χ1n) is 15.0. The maximum atomic E-state index is 14.6. The van der Waals surface area contributed by atoms with Gasteiger partial charge in [-0.25, -0.2) is 17.7 Å². The number of rotatable bonds is 9. The van der Waals surface area contributed by atoms with Crippen LogP contribution in [-0.4, -0.2) is 50.4 Å². The number of pyridine rings is 1. The number of carbonyl (C=O) groups is 3. The van der Waals surface area contributed by atoms with Gasteiger partial charge in [0.05, 0.1) is 29.9 Å². The largest absolute Gasteiger partial charge is 0.496 e. The Morgan fingerprint density at radius 2 is 1.73 bits per heavy atom. The Hall–Kier alpha value is -4.94. The molecule has 1 aromatic heterocycles. The van der Waals surface area contributed by atoms with E-state index in [0.29, 0.717) is 23.7 Å². The van der Waals surface area contributed by atoms with E-state index in [4.69, 9.17) is 21.1 Å². The monoisotopic (exact) mass is 690 g/mol. The molecule has 3 aromatic carbocycles. The predicted octanol–water partition coefficient (Wildman–Crippen LogP) is 5.96. The standard InChI is InChI=1S/C35H35ClN4O7S/c1-7-47-22-12-16-28-26(19-22)35(5,25-18-21(11-15-27(25)36)31(41)38-30-10-8-9-17-37-30)33(43)40(28)48(44,45)23-13-14-24(29(20-23)46-6)32(42)39-34(2,3)4/h8-20H,7H2,1-6H3,(H,39,42)(H,37,38,41). The smallest absolute Gasteiger partial charge is 0.271 e. The molecule has 0 aliphatic carbocycles. The Kier molecular flexibility index (Phi) is 9.26. The van der Waals surface area contributed by atoms with E-state index < -0.39 is 38.7 Å². The Balaban J connectivity index is 1.63. The number of methoxy groups -OCH3 is 1. The number of hydrogen-bond acceptors (Lipinski definition) is 8. The van der Waals surface area contributed by atoms with Crippen LogP contribution in [-0.2, 0) is 20.2 Å². The number of hydrogen-bond donors (Lipinski definition) is 2. The van der Waals surface area contributed by atoms with Crippen LogP contribution in [0.3, 0.4) is 0 Å². The van der Waals surface area contributed by atoms with Crippen LogP contribution in [0, 0.1) is 0 Å². The summed E-state index contributed by atoms with van der Waals surface area (Å²) in [5.41, 5.74) is -1.34. The average Bonchev–Trinajstić information content (AvgIpc) is 3.27. The highest BCUT2D eigenvalue weighted by molar-refractivity contribution is 7.93. The Morgan fingerprint density at radius 1 is 0.979 bits per heavy atom. The SMILES string of the molecule is CCOc1ccc2c(c1)C(C)(c1cc(C(=O)Nc3ccccn3)ccc1Cl)C(=O)N2S(=O)(=O)c1ccc(C(=O)NC(C)(C)C)c(OC)c1. The number of ether oxygens (including phenoxy) is 2. The molecule has 13 heteroatoms. The van der Waals surface area contributed by atoms with Crippen LogP contribution in [0.2, 0.25) is 5.02 Å². The quantitative estimate of drug-likeness (QED) is 0.219. The van der Waals surface area contributed by atoms with Crippen molar-refractivity contribution in [2.45, 2.75) is 50.5 Å². The summed E-state index contributed by atoms with van der Waals surface area (Å²) in [6.07, 6.45) is 1.53. The summed E-state index contributed by atoms with van der Waals surface area (Å²) in [6, 6.07) is 18.0. The van der Waals surface area contributed by atoms with E-state index in [1.165, 1.54) is 55.8 Å². The van der Waals surface area contributed by atoms with Crippen molar-refractivity contribution in [1.82, 2.24) is 10.3 Å². The minimum Gasteiger partial charge on any atom is -0.496 e. The molecular formula is C35H35ClN4O7S. The van der Waals surface area contributed by atoms with Gasteiger partial charge in [-0.05, 0) is 101 Å². The number of sulfonamides is 1. The molecule has 0 saturated heterocycles. The number of amides is 3. The number of carbonyl (C=O) groups excluding carboxylic acids is 3. The molecule has 0 bridgehead atoms. The summed E-state index contributed by atoms with van der Waals surface area (Å²) in [4.78, 5) is 44.7. The molecule has 1 aliphatic heterocycles. The second kappa shape index (κ2) is 12.9. The lowest BCUT2D eigenvalue weighted by Crippen LogP contribution is -2.42. The lowest BCUT2D eigenvalue weighted by Gasteiger charge is -2.26. The van der Waals surface area contributed by atoms with E-state index in [1.54, 1.807) is 44.2 Å². The fourth-order valence-electron chi connectivity index (χ4n) is 5.48. The number of fused-ring (bicyclic) bond motifs is 1. The minimum atomic E-state index is -4.60. The first kappa shape index (κ1) is 34.4. The van der Waals surface area contributed by atoms with Gasteiger partial charge in [-0.1, -0.05) is 17.7 Å². The van der Waals surface area contributed by atoms with Gasteiger partial charge in [-0.2, -0.15) is 0 Å². The fourth-order valence-corrected chi connectivity index (χ4v) is 7.32. The Labute approximate surface area is 284 Å². The van der Waals surface area contributed by atoms with Gasteiger partial charge in [-0.15, -0.1) is 0 Å². The van der Waals surface area contributed by atoms with Crippen molar-refractivity contribution in [3.8, 4) is 11.5 Å². The molecule has 1 unspecified atom stereocenters. The first-order chi connectivity index (χ1) is 22.6. The van der Waals surface area contributed by atoms with Crippen molar-refractivity contribution < 1.29 is 32.3 Å². The second-order valence-electron chi connectivity index (χ2n) is 12.2. The molecule has 0 radical (unpaired) electrons. The van der Waals surface area contributed by atoms with Gasteiger partial charge in [0.1, 0.15) is 22.7 Å². The summed E-state index contributed by atoms with van der Waals surface area (Å²) in [5, 5.41) is 5.68. The summed E-state index contributed by atoms with van der Waals surface area (Å²) >= 11 is 6.73. The number of benzene rings is 3. The molecule has 1 aliphatic rings. The van der Waals surface area contributed by atoms with Gasteiger partial charge in [0.15, 0.2) is 0 Å². The summed E-state index contributed by atoms with van der Waals surface area (Å²) in [7, 11) is -3.27. The zero-order valence-corrected chi connectivity index (χ0v) is 28.8. The Bertz CT molecular complexity index is 2030. The first-order valence-corrected chi connectivity index (χ1v) is 16.8. The van der Waals surface area contributed by atoms with E-state index >= 15 is 0 Å². The lowest BCUT2D eigenvalue weighted by molar-refractivity contribution is -0.120. The molecule has 11 nitrogen and oxygen atoms in total. The third kappa shape index (κ3) is 6.33. The average molecular weight is 691 g/mol. The van der Waals surface area contributed by atoms with E-state index in [-0.39, 0.29) is 38.0 Å². The fraction of sp³-hybridized carbons (Fsp3) is 0.257. The maximum Gasteiger partial charge on any atom is 0.271 e. The highest BCUT2D eigenvalue weighted by atomic mass is 35.5. The summed E-state index contributed by atoms with van der Waals surface area (Å²) in [6.45, 7) is 9.12. The van der Waals surface area contributed by atoms with Crippen molar-refractivity contribution in [3.63, 3.8) is 0 Å². The molecule has 48 heavy (non-hydrogen) atoms. The van der Waals surface area contributed by atoms with E-state index in [9.17, 15) is 22.8 Å². The molecular weight excluding hydrogens is 656 g/mol. The summed E-state index contributed by atoms with van der Waals surface area (Å²) in [5.74, 6) is -1.05. The third-order valence-electron chi connectivity index (χ3n) is 7.77. The van der Waals surface area contributed by atoms with Crippen molar-refractivity contribution in [2.24, 2.45) is 0 Å². The van der Waals surface area contributed by atoms with Crippen LogP contribution in [0.1, 0.15) is 66.5 Å². The molecule has 0 fully saturated rings. The van der Waals surface area contributed by atoms with Crippen molar-refractivity contribution in [3.05, 3.63) is 106 Å². The van der Waals surface area contributed by atoms with Crippen LogP contribution in [0.15, 0.2) is 83.9 Å².